The molecule has 1 unspecified atom stereocenters. The summed E-state index contributed by atoms with van der Waals surface area (Å²) in [6, 6.07) is 3.47. The number of aromatic nitrogens is 1. The number of hydrogen-bond donors (Lipinski definition) is 1. The molecule has 2 aliphatic rings. The molecule has 2 aliphatic heterocycles. The van der Waals surface area contributed by atoms with Gasteiger partial charge in [-0.3, -0.25) is 9.59 Å². The van der Waals surface area contributed by atoms with Gasteiger partial charge >= 0.3 is 6.18 Å². The molecule has 33 heavy (non-hydrogen) atoms. The Morgan fingerprint density at radius 1 is 1.06 bits per heavy atom. The van der Waals surface area contributed by atoms with Gasteiger partial charge in [0, 0.05) is 40.3 Å². The highest BCUT2D eigenvalue weighted by atomic mass is 35.5. The van der Waals surface area contributed by atoms with E-state index in [2.05, 4.69) is 9.88 Å². The van der Waals surface area contributed by atoms with Crippen molar-refractivity contribution in [3.8, 4) is 0 Å². The molecule has 2 amide bonds. The van der Waals surface area contributed by atoms with Crippen LogP contribution in [0, 0.1) is 11.8 Å². The highest BCUT2D eigenvalue weighted by Gasteiger charge is 2.57. The van der Waals surface area contributed by atoms with E-state index in [9.17, 15) is 27.9 Å². The van der Waals surface area contributed by atoms with E-state index in [-0.39, 0.29) is 24.1 Å². The lowest BCUT2D eigenvalue weighted by molar-refractivity contribution is -0.250. The second-order valence-electron chi connectivity index (χ2n) is 9.23. The lowest BCUT2D eigenvalue weighted by Gasteiger charge is -2.42. The van der Waals surface area contributed by atoms with E-state index < -0.39 is 17.7 Å². The molecule has 3 rings (SSSR count). The fourth-order valence-corrected chi connectivity index (χ4v) is 4.83. The molecule has 0 saturated carbocycles. The maximum Gasteiger partial charge on any atom is 0.426 e. The number of carbonyl (C=O) groups excluding carboxylic acids is 2. The van der Waals surface area contributed by atoms with Crippen LogP contribution in [0.15, 0.2) is 12.1 Å². The van der Waals surface area contributed by atoms with Gasteiger partial charge in [-0.25, -0.2) is 4.98 Å². The van der Waals surface area contributed by atoms with Crippen molar-refractivity contribution in [1.82, 2.24) is 14.8 Å². The Labute approximate surface area is 196 Å². The van der Waals surface area contributed by atoms with E-state index in [4.69, 9.17) is 11.6 Å². The normalized spacial score (nSPS) is 20.5. The van der Waals surface area contributed by atoms with Crippen molar-refractivity contribution in [3.05, 3.63) is 22.8 Å². The number of alkyl halides is 3. The summed E-state index contributed by atoms with van der Waals surface area (Å²) in [5, 5.41) is 9.83. The number of pyridine rings is 1. The molecule has 1 aromatic rings. The average molecular weight is 491 g/mol. The summed E-state index contributed by atoms with van der Waals surface area (Å²) < 4.78 is 38.9. The third kappa shape index (κ3) is 5.37. The minimum atomic E-state index is -5.00. The summed E-state index contributed by atoms with van der Waals surface area (Å²) in [6.07, 6.45) is -1.96. The third-order valence-corrected chi connectivity index (χ3v) is 7.08. The summed E-state index contributed by atoms with van der Waals surface area (Å²) in [5.74, 6) is -0.0411. The van der Waals surface area contributed by atoms with Crippen LogP contribution in [0.1, 0.15) is 43.0 Å². The lowest BCUT2D eigenvalue weighted by atomic mass is 9.78. The molecule has 0 aliphatic carbocycles. The van der Waals surface area contributed by atoms with Gasteiger partial charge in [-0.05, 0) is 56.6 Å². The van der Waals surface area contributed by atoms with Gasteiger partial charge in [-0.2, -0.15) is 13.2 Å². The Morgan fingerprint density at radius 3 is 2.03 bits per heavy atom. The van der Waals surface area contributed by atoms with Crippen molar-refractivity contribution in [1.29, 1.82) is 0 Å². The molecule has 0 radical (unpaired) electrons. The third-order valence-electron chi connectivity index (χ3n) is 6.80. The van der Waals surface area contributed by atoms with Crippen LogP contribution < -0.4 is 4.90 Å². The van der Waals surface area contributed by atoms with Gasteiger partial charge in [0.25, 0.3) is 11.8 Å². The number of carbonyl (C=O) groups is 2. The predicted octanol–water partition coefficient (Wildman–Crippen LogP) is 3.21. The quantitative estimate of drug-likeness (QED) is 0.656. The minimum Gasteiger partial charge on any atom is -0.373 e. The largest absolute Gasteiger partial charge is 0.426 e. The number of amides is 2. The lowest BCUT2D eigenvalue weighted by Crippen LogP contribution is -2.57. The van der Waals surface area contributed by atoms with E-state index in [1.165, 1.54) is 4.90 Å². The van der Waals surface area contributed by atoms with Gasteiger partial charge in [-0.1, -0.05) is 11.6 Å². The van der Waals surface area contributed by atoms with Crippen molar-refractivity contribution < 1.29 is 27.9 Å². The number of likely N-dealkylation sites (tertiary alicyclic amines) is 1. The molecule has 3 heterocycles. The Hall–Kier alpha value is -2.07. The monoisotopic (exact) mass is 490 g/mol. The van der Waals surface area contributed by atoms with Gasteiger partial charge in [0.2, 0.25) is 5.60 Å². The fourth-order valence-electron chi connectivity index (χ4n) is 4.60. The SMILES string of the molecule is CN(C)C(=O)c1ccc(N2CCC(C3CCN(C(=O)C(C)(O)C(F)(F)F)CC3)CC2)nc1Cl. The zero-order valence-corrected chi connectivity index (χ0v) is 19.8. The molecule has 2 fully saturated rings. The maximum atomic E-state index is 13.0. The Bertz CT molecular complexity index is 878. The highest BCUT2D eigenvalue weighted by Crippen LogP contribution is 2.36. The smallest absolute Gasteiger partial charge is 0.373 e. The van der Waals surface area contributed by atoms with Crippen LogP contribution in [0.4, 0.5) is 19.0 Å². The molecule has 7 nitrogen and oxygen atoms in total. The molecule has 0 bridgehead atoms. The summed E-state index contributed by atoms with van der Waals surface area (Å²) in [7, 11) is 3.30. The van der Waals surface area contributed by atoms with Crippen molar-refractivity contribution in [2.45, 2.75) is 44.4 Å². The van der Waals surface area contributed by atoms with Crippen LogP contribution in [-0.2, 0) is 4.79 Å². The maximum absolute atomic E-state index is 13.0. The molecule has 11 heteroatoms. The number of hydrogen-bond acceptors (Lipinski definition) is 5. The second-order valence-corrected chi connectivity index (χ2v) is 9.59. The first-order valence-corrected chi connectivity index (χ1v) is 11.4. The highest BCUT2D eigenvalue weighted by molar-refractivity contribution is 6.32. The van der Waals surface area contributed by atoms with Crippen molar-refractivity contribution in [2.24, 2.45) is 11.8 Å². The number of nitrogens with zero attached hydrogens (tertiary/aromatic N) is 4. The molecular weight excluding hydrogens is 461 g/mol. The van der Waals surface area contributed by atoms with Gasteiger partial charge in [0.1, 0.15) is 11.0 Å². The molecule has 2 saturated heterocycles. The van der Waals surface area contributed by atoms with Crippen molar-refractivity contribution in [3.63, 3.8) is 0 Å². The molecular formula is C22H30ClF3N4O3. The fraction of sp³-hybridized carbons (Fsp3) is 0.682. The Kier molecular flexibility index (Phi) is 7.48. The van der Waals surface area contributed by atoms with Crippen molar-refractivity contribution >= 4 is 29.2 Å². The molecule has 1 aromatic heterocycles. The number of rotatable bonds is 4. The first-order chi connectivity index (χ1) is 15.3. The zero-order valence-electron chi connectivity index (χ0n) is 19.0. The molecule has 1 N–H and O–H groups in total. The summed E-state index contributed by atoms with van der Waals surface area (Å²) in [6.45, 7) is 2.47. The van der Waals surface area contributed by atoms with Crippen LogP contribution in [0.2, 0.25) is 5.15 Å². The van der Waals surface area contributed by atoms with Gasteiger partial charge in [0.05, 0.1) is 5.56 Å². The number of halogens is 4. The molecule has 184 valence electrons. The Morgan fingerprint density at radius 2 is 1.58 bits per heavy atom. The Balaban J connectivity index is 1.53. The van der Waals surface area contributed by atoms with Crippen LogP contribution in [-0.4, -0.2) is 83.8 Å². The van der Waals surface area contributed by atoms with Crippen LogP contribution >= 0.6 is 11.6 Å². The summed E-state index contributed by atoms with van der Waals surface area (Å²) in [4.78, 5) is 33.4. The number of piperidine rings is 2. The zero-order chi connectivity index (χ0) is 24.6. The minimum absolute atomic E-state index is 0.167. The topological polar surface area (TPSA) is 77.0 Å². The standard InChI is InChI=1S/C22H30ClF3N4O3/c1-21(33,22(24,25)26)20(32)30-12-8-15(9-13-30)14-6-10-29(11-7-14)17-5-4-16(18(23)27-17)19(31)28(2)3/h4-5,14-15,33H,6-13H2,1-3H3. The van der Waals surface area contributed by atoms with Gasteiger partial charge in [-0.15, -0.1) is 0 Å². The molecule has 0 aromatic carbocycles. The van der Waals surface area contributed by atoms with E-state index >= 15 is 0 Å². The van der Waals surface area contributed by atoms with Gasteiger partial charge < -0.3 is 19.8 Å². The predicted molar refractivity (Wildman–Crippen MR) is 118 cm³/mol. The van der Waals surface area contributed by atoms with Crippen LogP contribution in [0.5, 0.6) is 0 Å². The molecule has 0 spiro atoms. The van der Waals surface area contributed by atoms with E-state index in [0.717, 1.165) is 30.8 Å². The summed E-state index contributed by atoms with van der Waals surface area (Å²) >= 11 is 6.23. The van der Waals surface area contributed by atoms with E-state index in [1.54, 1.807) is 26.2 Å². The van der Waals surface area contributed by atoms with E-state index in [0.29, 0.717) is 43.0 Å². The van der Waals surface area contributed by atoms with Crippen LogP contribution in [0.25, 0.3) is 0 Å². The summed E-state index contributed by atoms with van der Waals surface area (Å²) in [5.41, 5.74) is -3.00. The molecule has 1 atom stereocenters. The first kappa shape index (κ1) is 25.6. The van der Waals surface area contributed by atoms with Crippen molar-refractivity contribution in [2.75, 3.05) is 45.2 Å². The van der Waals surface area contributed by atoms with Crippen LogP contribution in [0.3, 0.4) is 0 Å². The number of aliphatic hydroxyl groups is 1. The van der Waals surface area contributed by atoms with Gasteiger partial charge in [0.15, 0.2) is 0 Å². The first-order valence-electron chi connectivity index (χ1n) is 11.0. The average Bonchev–Trinajstić information content (AvgIpc) is 2.77. The van der Waals surface area contributed by atoms with E-state index in [1.807, 2.05) is 0 Å². The number of anilines is 1. The second kappa shape index (κ2) is 9.66.